The summed E-state index contributed by atoms with van der Waals surface area (Å²) in [5.74, 6) is -0.188. The molecule has 0 aliphatic carbocycles. The van der Waals surface area contributed by atoms with Crippen LogP contribution in [0.3, 0.4) is 0 Å². The molecule has 3 heterocycles. The van der Waals surface area contributed by atoms with Crippen molar-refractivity contribution in [2.24, 2.45) is 0 Å². The minimum Gasteiger partial charge on any atom is -0.379 e. The van der Waals surface area contributed by atoms with Gasteiger partial charge in [-0.05, 0) is 0 Å². The van der Waals surface area contributed by atoms with Crippen LogP contribution in [0, 0.1) is 0 Å². The molecule has 8 heteroatoms. The van der Waals surface area contributed by atoms with Crippen LogP contribution in [0.15, 0.2) is 5.38 Å². The van der Waals surface area contributed by atoms with E-state index in [4.69, 9.17) is 15.2 Å². The van der Waals surface area contributed by atoms with Gasteiger partial charge in [-0.1, -0.05) is 0 Å². The normalized spacial score (nSPS) is 27.6. The van der Waals surface area contributed by atoms with Gasteiger partial charge in [-0.25, -0.2) is 4.98 Å². The predicted octanol–water partition coefficient (Wildman–Crippen LogP) is -0.445. The van der Waals surface area contributed by atoms with Crippen molar-refractivity contribution < 1.29 is 14.3 Å². The molecule has 1 aromatic heterocycles. The van der Waals surface area contributed by atoms with Gasteiger partial charge >= 0.3 is 0 Å². The second-order valence-electron chi connectivity index (χ2n) is 4.90. The maximum Gasteiger partial charge on any atom is 0.271 e. The molecule has 0 spiro atoms. The van der Waals surface area contributed by atoms with E-state index in [9.17, 15) is 4.79 Å². The Morgan fingerprint density at radius 3 is 2.90 bits per heavy atom. The van der Waals surface area contributed by atoms with Gasteiger partial charge in [-0.15, -0.1) is 11.3 Å². The maximum absolute atomic E-state index is 12.1. The van der Waals surface area contributed by atoms with E-state index >= 15 is 0 Å². The van der Waals surface area contributed by atoms with Crippen molar-refractivity contribution in [3.05, 3.63) is 11.1 Å². The van der Waals surface area contributed by atoms with E-state index in [-0.39, 0.29) is 18.0 Å². The van der Waals surface area contributed by atoms with Crippen LogP contribution in [0.25, 0.3) is 0 Å². The van der Waals surface area contributed by atoms with E-state index < -0.39 is 0 Å². The molecule has 7 nitrogen and oxygen atoms in total. The molecule has 0 radical (unpaired) electrons. The second-order valence-corrected chi connectivity index (χ2v) is 5.79. The largest absolute Gasteiger partial charge is 0.379 e. The first-order valence-electron chi connectivity index (χ1n) is 6.65. The van der Waals surface area contributed by atoms with Gasteiger partial charge in [-0.2, -0.15) is 0 Å². The molecule has 0 unspecified atom stereocenters. The summed E-state index contributed by atoms with van der Waals surface area (Å²) >= 11 is 1.27. The molecule has 110 valence electrons. The molecule has 2 saturated heterocycles. The van der Waals surface area contributed by atoms with E-state index in [0.29, 0.717) is 24.0 Å². The van der Waals surface area contributed by atoms with Crippen molar-refractivity contribution in [1.82, 2.24) is 15.2 Å². The number of nitrogen functional groups attached to an aromatic ring is 1. The number of nitrogens with one attached hydrogen (secondary N) is 1. The van der Waals surface area contributed by atoms with Gasteiger partial charge in [0.2, 0.25) is 0 Å². The summed E-state index contributed by atoms with van der Waals surface area (Å²) in [5, 5.41) is 5.07. The fourth-order valence-corrected chi connectivity index (χ4v) is 3.13. The molecular weight excluding hydrogens is 280 g/mol. The Hall–Kier alpha value is -1.22. The summed E-state index contributed by atoms with van der Waals surface area (Å²) in [6, 6.07) is 0.197. The molecule has 1 aromatic rings. The molecule has 1 amide bonds. The first-order valence-corrected chi connectivity index (χ1v) is 7.53. The lowest BCUT2D eigenvalue weighted by Crippen LogP contribution is -2.54. The highest BCUT2D eigenvalue weighted by Crippen LogP contribution is 2.16. The number of amides is 1. The van der Waals surface area contributed by atoms with E-state index in [2.05, 4.69) is 15.2 Å². The van der Waals surface area contributed by atoms with Gasteiger partial charge in [0.1, 0.15) is 5.69 Å². The highest BCUT2D eigenvalue weighted by atomic mass is 32.1. The molecule has 2 aliphatic rings. The first-order chi connectivity index (χ1) is 9.74. The third-order valence-corrected chi connectivity index (χ3v) is 4.31. The summed E-state index contributed by atoms with van der Waals surface area (Å²) in [6.07, 6.45) is 0. The Morgan fingerprint density at radius 1 is 1.40 bits per heavy atom. The summed E-state index contributed by atoms with van der Waals surface area (Å²) < 4.78 is 10.9. The number of nitrogens with zero attached hydrogens (tertiary/aromatic N) is 2. The van der Waals surface area contributed by atoms with Gasteiger partial charge in [0.15, 0.2) is 5.13 Å². The van der Waals surface area contributed by atoms with E-state index in [1.165, 1.54) is 11.3 Å². The lowest BCUT2D eigenvalue weighted by Gasteiger charge is -2.34. The average molecular weight is 298 g/mol. The quantitative estimate of drug-likeness (QED) is 0.786. The monoisotopic (exact) mass is 298 g/mol. The number of morpholine rings is 1. The van der Waals surface area contributed by atoms with E-state index in [1.807, 2.05) is 0 Å². The van der Waals surface area contributed by atoms with Crippen LogP contribution in [0.1, 0.15) is 10.5 Å². The van der Waals surface area contributed by atoms with Crippen LogP contribution in [-0.2, 0) is 9.47 Å². The third-order valence-electron chi connectivity index (χ3n) is 3.64. The van der Waals surface area contributed by atoms with Gasteiger partial charge in [0.05, 0.1) is 38.5 Å². The lowest BCUT2D eigenvalue weighted by atomic mass is 10.1. The number of hydrogen-bond acceptors (Lipinski definition) is 7. The summed E-state index contributed by atoms with van der Waals surface area (Å²) in [7, 11) is 0. The maximum atomic E-state index is 12.1. The molecular formula is C12H18N4O3S. The fraction of sp³-hybridized carbons (Fsp3) is 0.667. The second kappa shape index (κ2) is 6.04. The molecule has 0 aromatic carbocycles. The van der Waals surface area contributed by atoms with Crippen LogP contribution in [0.2, 0.25) is 0 Å². The molecule has 0 bridgehead atoms. The Morgan fingerprint density at radius 2 is 2.20 bits per heavy atom. The Kier molecular flexibility index (Phi) is 4.16. The number of carbonyl (C=O) groups is 1. The smallest absolute Gasteiger partial charge is 0.271 e. The molecule has 0 saturated carbocycles. The minimum absolute atomic E-state index is 0.0106. The average Bonchev–Trinajstić information content (AvgIpc) is 3.09. The van der Waals surface area contributed by atoms with Crippen molar-refractivity contribution in [1.29, 1.82) is 0 Å². The van der Waals surface area contributed by atoms with Crippen molar-refractivity contribution in [3.63, 3.8) is 0 Å². The first kappa shape index (κ1) is 13.7. The van der Waals surface area contributed by atoms with Gasteiger partial charge in [0, 0.05) is 18.5 Å². The summed E-state index contributed by atoms with van der Waals surface area (Å²) in [4.78, 5) is 18.4. The molecule has 2 fully saturated rings. The zero-order valence-electron chi connectivity index (χ0n) is 11.1. The minimum atomic E-state index is -0.188. The van der Waals surface area contributed by atoms with Crippen LogP contribution in [0.4, 0.5) is 5.13 Å². The highest BCUT2D eigenvalue weighted by molar-refractivity contribution is 7.13. The Balaban J connectivity index is 1.62. The number of rotatable bonds is 3. The third kappa shape index (κ3) is 2.93. The van der Waals surface area contributed by atoms with E-state index in [1.54, 1.807) is 5.38 Å². The molecule has 3 N–H and O–H groups in total. The van der Waals surface area contributed by atoms with Crippen molar-refractivity contribution in [3.8, 4) is 0 Å². The van der Waals surface area contributed by atoms with Crippen molar-refractivity contribution >= 4 is 22.4 Å². The highest BCUT2D eigenvalue weighted by Gasteiger charge is 2.35. The topological polar surface area (TPSA) is 89.7 Å². The fourth-order valence-electron chi connectivity index (χ4n) is 2.58. The summed E-state index contributed by atoms with van der Waals surface area (Å²) in [6.45, 7) is 4.41. The number of nitrogens with two attached hydrogens (primary N) is 1. The van der Waals surface area contributed by atoms with Crippen LogP contribution in [-0.4, -0.2) is 67.4 Å². The number of carbonyl (C=O) groups excluding carboxylic acids is 1. The van der Waals surface area contributed by atoms with Gasteiger partial charge < -0.3 is 20.5 Å². The molecule has 20 heavy (non-hydrogen) atoms. The number of ether oxygens (including phenoxy) is 2. The van der Waals surface area contributed by atoms with E-state index in [0.717, 1.165) is 26.3 Å². The predicted molar refractivity (Wildman–Crippen MR) is 74.8 cm³/mol. The number of aromatic nitrogens is 1. The van der Waals surface area contributed by atoms with Gasteiger partial charge in [-0.3, -0.25) is 9.69 Å². The molecule has 2 atom stereocenters. The number of anilines is 1. The Bertz CT molecular complexity index is 475. The standard InChI is InChI=1S/C12H18N4O3S/c13-12-15-9(7-20-12)11(17)14-8-5-19-6-10(8)16-1-3-18-4-2-16/h7-8,10H,1-6H2,(H2,13,15)(H,14,17)/t8-,10-/m0/s1. The van der Waals surface area contributed by atoms with Gasteiger partial charge in [0.25, 0.3) is 5.91 Å². The summed E-state index contributed by atoms with van der Waals surface area (Å²) in [5.41, 5.74) is 5.92. The van der Waals surface area contributed by atoms with Crippen molar-refractivity contribution in [2.75, 3.05) is 45.3 Å². The molecule has 2 aliphatic heterocycles. The lowest BCUT2D eigenvalue weighted by molar-refractivity contribution is 0.0108. The Labute approximate surface area is 121 Å². The number of thiazole rings is 1. The van der Waals surface area contributed by atoms with Crippen molar-refractivity contribution in [2.45, 2.75) is 12.1 Å². The van der Waals surface area contributed by atoms with Crippen LogP contribution in [0.5, 0.6) is 0 Å². The van der Waals surface area contributed by atoms with Crippen LogP contribution < -0.4 is 11.1 Å². The number of hydrogen-bond donors (Lipinski definition) is 2. The zero-order chi connectivity index (χ0) is 13.9. The van der Waals surface area contributed by atoms with Crippen LogP contribution >= 0.6 is 11.3 Å². The SMILES string of the molecule is Nc1nc(C(=O)N[C@H]2COC[C@@H]2N2CCOCC2)cs1. The zero-order valence-corrected chi connectivity index (χ0v) is 11.9. The molecule has 3 rings (SSSR count).